The molecular weight excluding hydrogens is 378 g/mol. The molecule has 3 aromatic rings. The van der Waals surface area contributed by atoms with E-state index in [9.17, 15) is 9.59 Å². The summed E-state index contributed by atoms with van der Waals surface area (Å²) in [7, 11) is 5.23. The molecule has 2 aromatic carbocycles. The van der Waals surface area contributed by atoms with Crippen LogP contribution in [0.15, 0.2) is 53.4 Å². The third-order valence-corrected chi connectivity index (χ3v) is 6.10. The van der Waals surface area contributed by atoms with E-state index in [0.717, 1.165) is 20.1 Å². The number of aromatic nitrogens is 1. The summed E-state index contributed by atoms with van der Waals surface area (Å²) in [4.78, 5) is 33.5. The second-order valence-corrected chi connectivity index (χ2v) is 8.44. The van der Waals surface area contributed by atoms with Crippen molar-refractivity contribution in [1.82, 2.24) is 14.8 Å². The summed E-state index contributed by atoms with van der Waals surface area (Å²) in [6.45, 7) is 0.452. The minimum atomic E-state index is -0.0744. The van der Waals surface area contributed by atoms with Crippen LogP contribution in [-0.4, -0.2) is 53.5 Å². The van der Waals surface area contributed by atoms with Crippen LogP contribution in [0.5, 0.6) is 0 Å². The predicted molar refractivity (Wildman–Crippen MR) is 111 cm³/mol. The number of amides is 2. The Morgan fingerprint density at radius 1 is 1.04 bits per heavy atom. The number of rotatable bonds is 6. The second-order valence-electron chi connectivity index (χ2n) is 6.31. The highest BCUT2D eigenvalue weighted by atomic mass is 32.2. The van der Waals surface area contributed by atoms with Crippen LogP contribution in [0.1, 0.15) is 15.4 Å². The Bertz CT molecular complexity index is 936. The smallest absolute Gasteiger partial charge is 0.255 e. The van der Waals surface area contributed by atoms with Gasteiger partial charge in [-0.1, -0.05) is 24.3 Å². The van der Waals surface area contributed by atoms with E-state index in [0.29, 0.717) is 17.9 Å². The number of hydrogen-bond acceptors (Lipinski definition) is 5. The lowest BCUT2D eigenvalue weighted by molar-refractivity contribution is -0.125. The molecule has 3 rings (SSSR count). The van der Waals surface area contributed by atoms with Crippen LogP contribution in [0.4, 0.5) is 0 Å². The summed E-state index contributed by atoms with van der Waals surface area (Å²) in [6, 6.07) is 15.4. The summed E-state index contributed by atoms with van der Waals surface area (Å²) < 4.78 is 1.12. The summed E-state index contributed by atoms with van der Waals surface area (Å²) >= 11 is 2.99. The first-order valence-corrected chi connectivity index (χ1v) is 10.3. The summed E-state index contributed by atoms with van der Waals surface area (Å²) in [5.74, 6) is 0.249. The van der Waals surface area contributed by atoms with Crippen molar-refractivity contribution in [2.75, 3.05) is 26.9 Å². The summed E-state index contributed by atoms with van der Waals surface area (Å²) in [5.41, 5.74) is 1.56. The van der Waals surface area contributed by atoms with Crippen molar-refractivity contribution in [1.29, 1.82) is 0 Å². The molecule has 0 unspecified atom stereocenters. The molecule has 0 bridgehead atoms. The van der Waals surface area contributed by atoms with Gasteiger partial charge >= 0.3 is 0 Å². The standard InChI is InChI=1S/C20H21N3O2S2/c1-22(2)19(24)13-26-16-10-6-4-8-14(16)20(25)23(3)12-18-21-15-9-5-7-11-17(15)27-18/h4-11H,12-13H2,1-3H3. The van der Waals surface area contributed by atoms with Crippen LogP contribution in [0.3, 0.4) is 0 Å². The molecule has 0 radical (unpaired) electrons. The van der Waals surface area contributed by atoms with Gasteiger partial charge in [0.2, 0.25) is 5.91 Å². The van der Waals surface area contributed by atoms with Gasteiger partial charge in [-0.05, 0) is 24.3 Å². The van der Waals surface area contributed by atoms with Crippen LogP contribution < -0.4 is 0 Å². The molecule has 1 aromatic heterocycles. The van der Waals surface area contributed by atoms with Crippen molar-refractivity contribution in [2.24, 2.45) is 0 Å². The first-order valence-electron chi connectivity index (χ1n) is 8.47. The molecule has 2 amide bonds. The van der Waals surface area contributed by atoms with Gasteiger partial charge in [-0.25, -0.2) is 4.98 Å². The van der Waals surface area contributed by atoms with Gasteiger partial charge in [-0.2, -0.15) is 0 Å². The molecule has 1 heterocycles. The molecule has 0 saturated carbocycles. The molecule has 0 saturated heterocycles. The van der Waals surface area contributed by atoms with Gasteiger partial charge in [0.15, 0.2) is 0 Å². The van der Waals surface area contributed by atoms with E-state index >= 15 is 0 Å². The largest absolute Gasteiger partial charge is 0.348 e. The van der Waals surface area contributed by atoms with E-state index in [1.807, 2.05) is 42.5 Å². The van der Waals surface area contributed by atoms with Crippen molar-refractivity contribution in [3.63, 3.8) is 0 Å². The van der Waals surface area contributed by atoms with E-state index in [4.69, 9.17) is 0 Å². The zero-order valence-electron chi connectivity index (χ0n) is 15.5. The van der Waals surface area contributed by atoms with Crippen LogP contribution in [-0.2, 0) is 11.3 Å². The fraction of sp³-hybridized carbons (Fsp3) is 0.250. The van der Waals surface area contributed by atoms with Crippen molar-refractivity contribution in [2.45, 2.75) is 11.4 Å². The highest BCUT2D eigenvalue weighted by Gasteiger charge is 2.18. The van der Waals surface area contributed by atoms with Crippen molar-refractivity contribution >= 4 is 45.1 Å². The molecule has 0 fully saturated rings. The number of thioether (sulfide) groups is 1. The normalized spacial score (nSPS) is 10.8. The maximum Gasteiger partial charge on any atom is 0.255 e. The maximum atomic E-state index is 13.0. The molecule has 0 aliphatic carbocycles. The topological polar surface area (TPSA) is 53.5 Å². The van der Waals surface area contributed by atoms with Gasteiger partial charge in [0, 0.05) is 26.0 Å². The SMILES string of the molecule is CN(C)C(=O)CSc1ccccc1C(=O)N(C)Cc1nc2ccccc2s1. The van der Waals surface area contributed by atoms with Gasteiger partial charge in [0.25, 0.3) is 5.91 Å². The Kier molecular flexibility index (Phi) is 6.13. The van der Waals surface area contributed by atoms with E-state index < -0.39 is 0 Å². The molecule has 0 aliphatic rings. The quantitative estimate of drug-likeness (QED) is 0.593. The van der Waals surface area contributed by atoms with Gasteiger partial charge in [0.05, 0.1) is 28.1 Å². The third kappa shape index (κ3) is 4.67. The Labute approximate surface area is 167 Å². The zero-order chi connectivity index (χ0) is 19.4. The van der Waals surface area contributed by atoms with Crippen LogP contribution in [0, 0.1) is 0 Å². The highest BCUT2D eigenvalue weighted by Crippen LogP contribution is 2.26. The molecule has 0 N–H and O–H groups in total. The van der Waals surface area contributed by atoms with E-state index in [-0.39, 0.29) is 11.8 Å². The Balaban J connectivity index is 1.73. The van der Waals surface area contributed by atoms with Crippen molar-refractivity contribution in [3.8, 4) is 0 Å². The van der Waals surface area contributed by atoms with Gasteiger partial charge in [-0.15, -0.1) is 23.1 Å². The number of para-hydroxylation sites is 1. The molecule has 0 aliphatic heterocycles. The maximum absolute atomic E-state index is 13.0. The van der Waals surface area contributed by atoms with E-state index in [1.54, 1.807) is 48.3 Å². The molecule has 5 nitrogen and oxygen atoms in total. The fourth-order valence-corrected chi connectivity index (χ4v) is 4.55. The zero-order valence-corrected chi connectivity index (χ0v) is 17.1. The Morgan fingerprint density at radius 3 is 2.48 bits per heavy atom. The Morgan fingerprint density at radius 2 is 1.74 bits per heavy atom. The first kappa shape index (κ1) is 19.4. The van der Waals surface area contributed by atoms with Crippen LogP contribution >= 0.6 is 23.1 Å². The first-order chi connectivity index (χ1) is 13.0. The number of carbonyl (C=O) groups is 2. The number of carbonyl (C=O) groups excluding carboxylic acids is 2. The van der Waals surface area contributed by atoms with E-state index in [2.05, 4.69) is 4.98 Å². The molecule has 0 atom stereocenters. The Hall–Kier alpha value is -2.38. The number of nitrogens with zero attached hydrogens (tertiary/aromatic N) is 3. The predicted octanol–water partition coefficient (Wildman–Crippen LogP) is 3.75. The lowest BCUT2D eigenvalue weighted by Gasteiger charge is -2.18. The lowest BCUT2D eigenvalue weighted by atomic mass is 10.2. The van der Waals surface area contributed by atoms with Crippen LogP contribution in [0.2, 0.25) is 0 Å². The van der Waals surface area contributed by atoms with Gasteiger partial charge in [0.1, 0.15) is 5.01 Å². The third-order valence-electron chi connectivity index (χ3n) is 4.02. The van der Waals surface area contributed by atoms with E-state index in [1.165, 1.54) is 11.8 Å². The highest BCUT2D eigenvalue weighted by molar-refractivity contribution is 8.00. The average molecular weight is 400 g/mol. The molecule has 140 valence electrons. The minimum Gasteiger partial charge on any atom is -0.348 e. The average Bonchev–Trinajstić information content (AvgIpc) is 3.07. The number of fused-ring (bicyclic) bond motifs is 1. The lowest BCUT2D eigenvalue weighted by Crippen LogP contribution is -2.27. The van der Waals surface area contributed by atoms with Crippen molar-refractivity contribution in [3.05, 3.63) is 59.1 Å². The monoisotopic (exact) mass is 399 g/mol. The molecule has 27 heavy (non-hydrogen) atoms. The second kappa shape index (κ2) is 8.54. The minimum absolute atomic E-state index is 0.0186. The fourth-order valence-electron chi connectivity index (χ4n) is 2.51. The number of hydrogen-bond donors (Lipinski definition) is 0. The molecular formula is C20H21N3O2S2. The van der Waals surface area contributed by atoms with Gasteiger partial charge < -0.3 is 9.80 Å². The van der Waals surface area contributed by atoms with Crippen LogP contribution in [0.25, 0.3) is 10.2 Å². The van der Waals surface area contributed by atoms with Gasteiger partial charge in [-0.3, -0.25) is 9.59 Å². The summed E-state index contributed by atoms with van der Waals surface area (Å²) in [6.07, 6.45) is 0. The van der Waals surface area contributed by atoms with Crippen molar-refractivity contribution < 1.29 is 9.59 Å². The number of thiazole rings is 1. The molecule has 0 spiro atoms. The summed E-state index contributed by atoms with van der Waals surface area (Å²) in [5, 5.41) is 0.903. The molecule has 7 heteroatoms. The number of benzene rings is 2.